The smallest absolute Gasteiger partial charge is 0.272 e. The van der Waals surface area contributed by atoms with E-state index in [2.05, 4.69) is 0 Å². The molecule has 0 spiro atoms. The summed E-state index contributed by atoms with van der Waals surface area (Å²) < 4.78 is 40.3. The number of rotatable bonds is 7. The maximum atomic E-state index is 15.0. The molecule has 0 aromatic heterocycles. The minimum atomic E-state index is -4.01. The van der Waals surface area contributed by atoms with Crippen LogP contribution in [0.2, 0.25) is 0 Å². The third-order valence-corrected chi connectivity index (χ3v) is 5.35. The largest absolute Gasteiger partial charge is 0.355 e. The average molecular weight is 346 g/mol. The summed E-state index contributed by atoms with van der Waals surface area (Å²) in [6.07, 6.45) is 0. The Morgan fingerprint density at radius 2 is 1.91 bits per heavy atom. The van der Waals surface area contributed by atoms with E-state index in [1.54, 1.807) is 37.3 Å². The number of hydroxylamine groups is 1. The Bertz CT molecular complexity index is 618. The van der Waals surface area contributed by atoms with Gasteiger partial charge in [-0.25, -0.2) is 27.4 Å². The van der Waals surface area contributed by atoms with Crippen LogP contribution in [0.3, 0.4) is 0 Å². The highest BCUT2D eigenvalue weighted by Crippen LogP contribution is 2.28. The van der Waals surface area contributed by atoms with Gasteiger partial charge in [0, 0.05) is 0 Å². The van der Waals surface area contributed by atoms with Gasteiger partial charge in [-0.15, -0.1) is 0 Å². The van der Waals surface area contributed by atoms with E-state index in [4.69, 9.17) is 4.84 Å². The zero-order valence-corrected chi connectivity index (χ0v) is 14.6. The average Bonchev–Trinajstić information content (AvgIpc) is 2.51. The van der Waals surface area contributed by atoms with Gasteiger partial charge in [0.2, 0.25) is 10.0 Å². The van der Waals surface area contributed by atoms with Crippen molar-refractivity contribution in [1.82, 2.24) is 9.79 Å². The lowest BCUT2D eigenvalue weighted by Crippen LogP contribution is -2.50. The molecule has 0 saturated heterocycles. The molecule has 0 fully saturated rings. The maximum absolute atomic E-state index is 15.0. The van der Waals surface area contributed by atoms with Crippen LogP contribution in [0, 0.1) is 0 Å². The summed E-state index contributed by atoms with van der Waals surface area (Å²) in [4.78, 5) is 16.8. The number of benzene rings is 1. The van der Waals surface area contributed by atoms with Gasteiger partial charge in [0.15, 0.2) is 5.67 Å². The normalized spacial score (nSPS) is 14.3. The summed E-state index contributed by atoms with van der Waals surface area (Å²) in [5.74, 6) is 0. The molecule has 0 aliphatic carbocycles. The summed E-state index contributed by atoms with van der Waals surface area (Å²) >= 11 is 0. The van der Waals surface area contributed by atoms with Crippen molar-refractivity contribution in [2.24, 2.45) is 0 Å². The van der Waals surface area contributed by atoms with Crippen molar-refractivity contribution in [3.05, 3.63) is 35.9 Å². The summed E-state index contributed by atoms with van der Waals surface area (Å²) in [5.41, 5.74) is 0.259. The first-order chi connectivity index (χ1) is 10.6. The molecule has 0 bridgehead atoms. The van der Waals surface area contributed by atoms with Crippen LogP contribution in [-0.4, -0.2) is 37.2 Å². The third-order valence-electron chi connectivity index (χ3n) is 3.25. The Balaban J connectivity index is 3.13. The highest BCUT2D eigenvalue weighted by Gasteiger charge is 2.38. The molecule has 0 aliphatic rings. The summed E-state index contributed by atoms with van der Waals surface area (Å²) in [5, 5.41) is -0.874. The van der Waals surface area contributed by atoms with Gasteiger partial charge in [0.05, 0.1) is 18.4 Å². The summed E-state index contributed by atoms with van der Waals surface area (Å²) in [6.45, 7) is 5.23. The fourth-order valence-corrected chi connectivity index (χ4v) is 3.06. The molecule has 1 unspecified atom stereocenters. The standard InChI is InChI=1S/C15H23FN2O4S/c1-5-22-17-14(19)18(23(20,21)12(2)3)11-15(4,16)13-9-7-6-8-10-13/h6-10,12H,5,11H2,1-4H3,(H,17,19). The second-order valence-corrected chi connectivity index (χ2v) is 7.92. The topological polar surface area (TPSA) is 75.7 Å². The van der Waals surface area contributed by atoms with Crippen LogP contribution in [0.15, 0.2) is 30.3 Å². The lowest BCUT2D eigenvalue weighted by Gasteiger charge is -2.30. The highest BCUT2D eigenvalue weighted by atomic mass is 32.2. The number of sulfonamides is 1. The molecule has 1 aromatic carbocycles. The number of nitrogens with zero attached hydrogens (tertiary/aromatic N) is 1. The van der Waals surface area contributed by atoms with Gasteiger partial charge < -0.3 is 0 Å². The molecular formula is C15H23FN2O4S. The number of carbonyl (C=O) groups is 1. The van der Waals surface area contributed by atoms with Crippen molar-refractivity contribution in [2.45, 2.75) is 38.6 Å². The number of alkyl halides is 1. The fraction of sp³-hybridized carbons (Fsp3) is 0.533. The number of hydrogen-bond donors (Lipinski definition) is 1. The van der Waals surface area contributed by atoms with E-state index in [0.717, 1.165) is 0 Å². The second-order valence-electron chi connectivity index (χ2n) is 5.50. The minimum Gasteiger partial charge on any atom is -0.272 e. The Kier molecular flexibility index (Phi) is 6.52. The molecule has 1 aromatic rings. The number of carbonyl (C=O) groups excluding carboxylic acids is 1. The lowest BCUT2D eigenvalue weighted by molar-refractivity contribution is 0.0575. The van der Waals surface area contributed by atoms with Crippen LogP contribution in [0.1, 0.15) is 33.3 Å². The Morgan fingerprint density at radius 1 is 1.35 bits per heavy atom. The minimum absolute atomic E-state index is 0.160. The van der Waals surface area contributed by atoms with Gasteiger partial charge in [-0.2, -0.15) is 0 Å². The van der Waals surface area contributed by atoms with Crippen molar-refractivity contribution in [3.8, 4) is 0 Å². The number of urea groups is 1. The van der Waals surface area contributed by atoms with Gasteiger partial charge in [-0.3, -0.25) is 4.84 Å². The lowest BCUT2D eigenvalue weighted by atomic mass is 9.98. The molecule has 0 heterocycles. The predicted octanol–water partition coefficient (Wildman–Crippen LogP) is 2.57. The van der Waals surface area contributed by atoms with E-state index in [0.29, 0.717) is 4.31 Å². The zero-order valence-electron chi connectivity index (χ0n) is 13.7. The van der Waals surface area contributed by atoms with Crippen molar-refractivity contribution < 1.29 is 22.4 Å². The number of hydrogen-bond acceptors (Lipinski definition) is 4. The van der Waals surface area contributed by atoms with Crippen LogP contribution >= 0.6 is 0 Å². The van der Waals surface area contributed by atoms with E-state index in [-0.39, 0.29) is 12.2 Å². The Hall–Kier alpha value is -1.67. The van der Waals surface area contributed by atoms with Crippen molar-refractivity contribution in [2.75, 3.05) is 13.2 Å². The molecule has 1 N–H and O–H groups in total. The Labute approximate surface area is 136 Å². The van der Waals surface area contributed by atoms with Crippen LogP contribution in [0.4, 0.5) is 9.18 Å². The number of amides is 2. The van der Waals surface area contributed by atoms with Crippen molar-refractivity contribution in [1.29, 1.82) is 0 Å². The molecule has 130 valence electrons. The molecule has 1 atom stereocenters. The molecule has 1 rings (SSSR count). The van der Waals surface area contributed by atoms with Gasteiger partial charge in [0.1, 0.15) is 0 Å². The van der Waals surface area contributed by atoms with Crippen molar-refractivity contribution >= 4 is 16.1 Å². The molecule has 8 heteroatoms. The van der Waals surface area contributed by atoms with E-state index >= 15 is 4.39 Å². The van der Waals surface area contributed by atoms with Crippen LogP contribution in [-0.2, 0) is 20.5 Å². The molecule has 6 nitrogen and oxygen atoms in total. The van der Waals surface area contributed by atoms with Gasteiger partial charge in [0.25, 0.3) is 0 Å². The first-order valence-electron chi connectivity index (χ1n) is 7.30. The predicted molar refractivity (Wildman–Crippen MR) is 85.8 cm³/mol. The fourth-order valence-electron chi connectivity index (χ4n) is 1.86. The van der Waals surface area contributed by atoms with E-state index in [1.165, 1.54) is 20.8 Å². The zero-order chi connectivity index (χ0) is 17.7. The Morgan fingerprint density at radius 3 is 2.39 bits per heavy atom. The van der Waals surface area contributed by atoms with Crippen LogP contribution in [0.5, 0.6) is 0 Å². The van der Waals surface area contributed by atoms with Crippen LogP contribution < -0.4 is 5.48 Å². The summed E-state index contributed by atoms with van der Waals surface area (Å²) in [7, 11) is -4.01. The quantitative estimate of drug-likeness (QED) is 0.770. The monoisotopic (exact) mass is 346 g/mol. The number of nitrogens with one attached hydrogen (secondary N) is 1. The first kappa shape index (κ1) is 19.4. The van der Waals surface area contributed by atoms with E-state index in [1.807, 2.05) is 5.48 Å². The van der Waals surface area contributed by atoms with Crippen molar-refractivity contribution in [3.63, 3.8) is 0 Å². The first-order valence-corrected chi connectivity index (χ1v) is 8.81. The maximum Gasteiger partial charge on any atom is 0.355 e. The molecule has 0 radical (unpaired) electrons. The molecule has 23 heavy (non-hydrogen) atoms. The van der Waals surface area contributed by atoms with Crippen LogP contribution in [0.25, 0.3) is 0 Å². The third kappa shape index (κ3) is 4.90. The SMILES string of the molecule is CCONC(=O)N(CC(C)(F)c1ccccc1)S(=O)(=O)C(C)C. The van der Waals surface area contributed by atoms with Gasteiger partial charge in [-0.05, 0) is 33.3 Å². The summed E-state index contributed by atoms with van der Waals surface area (Å²) in [6, 6.07) is 7.09. The van der Waals surface area contributed by atoms with E-state index < -0.39 is 33.5 Å². The van der Waals surface area contributed by atoms with E-state index in [9.17, 15) is 13.2 Å². The van der Waals surface area contributed by atoms with Gasteiger partial charge in [-0.1, -0.05) is 30.3 Å². The molecular weight excluding hydrogens is 323 g/mol. The second kappa shape index (κ2) is 7.74. The molecule has 0 aliphatic heterocycles. The highest BCUT2D eigenvalue weighted by molar-refractivity contribution is 7.90. The van der Waals surface area contributed by atoms with Gasteiger partial charge >= 0.3 is 6.03 Å². The molecule has 2 amide bonds. The molecule has 0 saturated carbocycles. The number of halogens is 1.